The molecule has 1 aromatic rings. The number of carbonyl (C=O) groups is 1. The molecule has 2 atom stereocenters. The van der Waals surface area contributed by atoms with Crippen molar-refractivity contribution in [3.63, 3.8) is 0 Å². The topological polar surface area (TPSA) is 32.3 Å². The molecule has 3 nitrogen and oxygen atoms in total. The zero-order chi connectivity index (χ0) is 12.5. The highest BCUT2D eigenvalue weighted by molar-refractivity contribution is 7.98. The lowest BCUT2D eigenvalue weighted by Gasteiger charge is -2.28. The summed E-state index contributed by atoms with van der Waals surface area (Å²) in [6.45, 7) is 0.873. The minimum absolute atomic E-state index is 0.00626. The highest BCUT2D eigenvalue weighted by atomic mass is 32.2. The van der Waals surface area contributed by atoms with Crippen molar-refractivity contribution in [1.82, 2.24) is 10.2 Å². The molecule has 1 N–H and O–H groups in total. The van der Waals surface area contributed by atoms with Crippen LogP contribution >= 0.6 is 11.8 Å². The Labute approximate surface area is 112 Å². The van der Waals surface area contributed by atoms with Gasteiger partial charge < -0.3 is 4.90 Å². The Balaban J connectivity index is 1.77. The van der Waals surface area contributed by atoms with Gasteiger partial charge in [0.05, 0.1) is 6.04 Å². The third-order valence-corrected chi connectivity index (χ3v) is 4.89. The van der Waals surface area contributed by atoms with E-state index in [1.54, 1.807) is 0 Å². The van der Waals surface area contributed by atoms with Crippen molar-refractivity contribution in [3.05, 3.63) is 35.4 Å². The average molecular weight is 262 g/mol. The number of rotatable bonds is 2. The molecule has 1 saturated heterocycles. The third kappa shape index (κ3) is 2.15. The molecular formula is C14H18N2OS. The summed E-state index contributed by atoms with van der Waals surface area (Å²) in [6, 6.07) is 8.89. The maximum Gasteiger partial charge on any atom is 0.239 e. The van der Waals surface area contributed by atoms with Crippen molar-refractivity contribution in [2.75, 3.05) is 19.3 Å². The van der Waals surface area contributed by atoms with Gasteiger partial charge in [0.15, 0.2) is 0 Å². The quantitative estimate of drug-likeness (QED) is 0.882. The van der Waals surface area contributed by atoms with E-state index in [1.807, 2.05) is 23.7 Å². The van der Waals surface area contributed by atoms with Crippen LogP contribution in [-0.2, 0) is 10.5 Å². The molecule has 2 aliphatic rings. The lowest BCUT2D eigenvalue weighted by Crippen LogP contribution is -2.40. The van der Waals surface area contributed by atoms with Crippen molar-refractivity contribution in [1.29, 1.82) is 0 Å². The highest BCUT2D eigenvalue weighted by Gasteiger charge is 2.32. The summed E-state index contributed by atoms with van der Waals surface area (Å²) in [5, 5.41) is 3.54. The number of thioether (sulfide) groups is 1. The maximum absolute atomic E-state index is 11.9. The Kier molecular flexibility index (Phi) is 3.31. The standard InChI is InChI=1S/C14H18N2OS/c1-16-7-6-12(14(16)17)15-13-9-18-8-10-4-2-3-5-11(10)13/h2-5,12-13,15H,6-9H2,1H3. The molecule has 0 bridgehead atoms. The fourth-order valence-corrected chi connectivity index (χ4v) is 3.85. The molecule has 1 aromatic carbocycles. The molecule has 0 aromatic heterocycles. The molecule has 0 aliphatic carbocycles. The summed E-state index contributed by atoms with van der Waals surface area (Å²) in [5.74, 6) is 2.39. The van der Waals surface area contributed by atoms with Gasteiger partial charge in [0.2, 0.25) is 5.91 Å². The van der Waals surface area contributed by atoms with E-state index < -0.39 is 0 Å². The Bertz CT molecular complexity index is 463. The first-order chi connectivity index (χ1) is 8.75. The van der Waals surface area contributed by atoms with E-state index in [9.17, 15) is 4.79 Å². The molecule has 2 heterocycles. The van der Waals surface area contributed by atoms with E-state index in [2.05, 4.69) is 29.6 Å². The molecule has 3 rings (SSSR count). The van der Waals surface area contributed by atoms with Gasteiger partial charge >= 0.3 is 0 Å². The van der Waals surface area contributed by atoms with Crippen LogP contribution in [0.2, 0.25) is 0 Å². The molecule has 0 spiro atoms. The molecule has 96 valence electrons. The Morgan fingerprint density at radius 1 is 1.33 bits per heavy atom. The average Bonchev–Trinajstić information content (AvgIpc) is 2.71. The monoisotopic (exact) mass is 262 g/mol. The smallest absolute Gasteiger partial charge is 0.239 e. The third-order valence-electron chi connectivity index (χ3n) is 3.80. The van der Waals surface area contributed by atoms with Crippen LogP contribution in [0, 0.1) is 0 Å². The second-order valence-electron chi connectivity index (χ2n) is 5.03. The molecule has 0 radical (unpaired) electrons. The SMILES string of the molecule is CN1CCC(NC2CSCc3ccccc32)C1=O. The normalized spacial score (nSPS) is 27.4. The van der Waals surface area contributed by atoms with Crippen LogP contribution in [-0.4, -0.2) is 36.2 Å². The number of likely N-dealkylation sites (tertiary alicyclic amines) is 1. The Morgan fingerprint density at radius 3 is 2.94 bits per heavy atom. The molecule has 4 heteroatoms. The van der Waals surface area contributed by atoms with E-state index in [0.717, 1.165) is 24.5 Å². The van der Waals surface area contributed by atoms with Crippen molar-refractivity contribution in [3.8, 4) is 0 Å². The largest absolute Gasteiger partial charge is 0.344 e. The molecular weight excluding hydrogens is 244 g/mol. The molecule has 18 heavy (non-hydrogen) atoms. The number of amides is 1. The van der Waals surface area contributed by atoms with Gasteiger partial charge in [0, 0.05) is 31.1 Å². The van der Waals surface area contributed by atoms with Gasteiger partial charge in [0.25, 0.3) is 0 Å². The predicted octanol–water partition coefficient (Wildman–Crippen LogP) is 1.79. The molecule has 2 unspecified atom stereocenters. The first-order valence-electron chi connectivity index (χ1n) is 6.42. The Morgan fingerprint density at radius 2 is 2.17 bits per heavy atom. The van der Waals surface area contributed by atoms with Gasteiger partial charge in [-0.2, -0.15) is 11.8 Å². The second kappa shape index (κ2) is 4.94. The summed E-state index contributed by atoms with van der Waals surface area (Å²) in [7, 11) is 1.88. The van der Waals surface area contributed by atoms with Gasteiger partial charge in [0.1, 0.15) is 0 Å². The number of nitrogens with one attached hydrogen (secondary N) is 1. The zero-order valence-corrected chi connectivity index (χ0v) is 11.4. The van der Waals surface area contributed by atoms with Gasteiger partial charge in [-0.15, -0.1) is 0 Å². The van der Waals surface area contributed by atoms with Crippen molar-refractivity contribution < 1.29 is 4.79 Å². The van der Waals surface area contributed by atoms with Crippen LogP contribution < -0.4 is 5.32 Å². The number of hydrogen-bond acceptors (Lipinski definition) is 3. The first kappa shape index (κ1) is 12.1. The predicted molar refractivity (Wildman–Crippen MR) is 74.5 cm³/mol. The summed E-state index contributed by atoms with van der Waals surface area (Å²) in [5.41, 5.74) is 2.78. The minimum Gasteiger partial charge on any atom is -0.344 e. The van der Waals surface area contributed by atoms with Crippen molar-refractivity contribution >= 4 is 17.7 Å². The fraction of sp³-hybridized carbons (Fsp3) is 0.500. The number of nitrogens with zero attached hydrogens (tertiary/aromatic N) is 1. The second-order valence-corrected chi connectivity index (χ2v) is 6.06. The van der Waals surface area contributed by atoms with E-state index in [0.29, 0.717) is 6.04 Å². The van der Waals surface area contributed by atoms with Crippen LogP contribution in [0.3, 0.4) is 0 Å². The number of benzene rings is 1. The number of hydrogen-bond donors (Lipinski definition) is 1. The summed E-state index contributed by atoms with van der Waals surface area (Å²) < 4.78 is 0. The number of likely N-dealkylation sites (N-methyl/N-ethyl adjacent to an activating group) is 1. The molecule has 0 saturated carbocycles. The van der Waals surface area contributed by atoms with Gasteiger partial charge in [-0.1, -0.05) is 24.3 Å². The highest BCUT2D eigenvalue weighted by Crippen LogP contribution is 2.32. The van der Waals surface area contributed by atoms with E-state index >= 15 is 0 Å². The van der Waals surface area contributed by atoms with Gasteiger partial charge in [-0.05, 0) is 17.5 Å². The first-order valence-corrected chi connectivity index (χ1v) is 7.58. The van der Waals surface area contributed by atoms with Crippen molar-refractivity contribution in [2.45, 2.75) is 24.3 Å². The molecule has 1 amide bonds. The lowest BCUT2D eigenvalue weighted by molar-refractivity contribution is -0.128. The number of carbonyl (C=O) groups excluding carboxylic acids is 1. The van der Waals surface area contributed by atoms with Crippen LogP contribution in [0.5, 0.6) is 0 Å². The lowest BCUT2D eigenvalue weighted by atomic mass is 10.0. The van der Waals surface area contributed by atoms with Crippen molar-refractivity contribution in [2.24, 2.45) is 0 Å². The molecule has 1 fully saturated rings. The maximum atomic E-state index is 11.9. The van der Waals surface area contributed by atoms with Gasteiger partial charge in [-0.3, -0.25) is 10.1 Å². The van der Waals surface area contributed by atoms with Crippen LogP contribution in [0.15, 0.2) is 24.3 Å². The Hall–Kier alpha value is -1.00. The van der Waals surface area contributed by atoms with Crippen LogP contribution in [0.1, 0.15) is 23.6 Å². The summed E-state index contributed by atoms with van der Waals surface area (Å²) in [4.78, 5) is 13.8. The zero-order valence-electron chi connectivity index (χ0n) is 10.6. The fourth-order valence-electron chi connectivity index (χ4n) is 2.74. The summed E-state index contributed by atoms with van der Waals surface area (Å²) >= 11 is 1.94. The van der Waals surface area contributed by atoms with E-state index in [-0.39, 0.29) is 11.9 Å². The van der Waals surface area contributed by atoms with E-state index in [4.69, 9.17) is 0 Å². The van der Waals surface area contributed by atoms with E-state index in [1.165, 1.54) is 11.1 Å². The van der Waals surface area contributed by atoms with Crippen LogP contribution in [0.4, 0.5) is 0 Å². The number of fused-ring (bicyclic) bond motifs is 1. The minimum atomic E-state index is 0.00626. The van der Waals surface area contributed by atoms with Gasteiger partial charge in [-0.25, -0.2) is 0 Å². The molecule has 2 aliphatic heterocycles. The van der Waals surface area contributed by atoms with Crippen LogP contribution in [0.25, 0.3) is 0 Å². The summed E-state index contributed by atoms with van der Waals surface area (Å²) in [6.07, 6.45) is 0.929.